The van der Waals surface area contributed by atoms with Crippen LogP contribution in [-0.2, 0) is 6.54 Å². The number of rotatable bonds is 6. The molecule has 3 rings (SSSR count). The van der Waals surface area contributed by atoms with Gasteiger partial charge in [-0.15, -0.1) is 0 Å². The minimum absolute atomic E-state index is 0.127. The second-order valence-corrected chi connectivity index (χ2v) is 6.06. The Hall–Kier alpha value is -5.01. The number of nitro groups is 4. The molecule has 1 heterocycles. The number of pyridine rings is 1. The maximum absolute atomic E-state index is 11.1. The fourth-order valence-electron chi connectivity index (χ4n) is 2.43. The van der Waals surface area contributed by atoms with Gasteiger partial charge in [0.1, 0.15) is 0 Å². The van der Waals surface area contributed by atoms with Crippen LogP contribution in [-0.4, -0.2) is 19.7 Å². The third-order valence-corrected chi connectivity index (χ3v) is 3.93. The third-order valence-electron chi connectivity index (χ3n) is 3.93. The Balaban J connectivity index is 0.000000227. The Morgan fingerprint density at radius 1 is 0.656 bits per heavy atom. The molecule has 32 heavy (non-hydrogen) atoms. The van der Waals surface area contributed by atoms with Gasteiger partial charge in [-0.05, 0) is 12.1 Å². The van der Waals surface area contributed by atoms with Crippen LogP contribution in [0.1, 0.15) is 5.56 Å². The molecule has 0 fully saturated rings. The van der Waals surface area contributed by atoms with Crippen molar-refractivity contribution >= 4 is 22.7 Å². The highest BCUT2D eigenvalue weighted by Gasteiger charge is 2.24. The standard InChI is InChI=1S/C12H11N2O2.C6H3N3O7/c15-14(16)12-6-4-11(5-7-12)10-13-8-2-1-3-9-13;10-6-4(8(13)14)1-3(7(11)12)2-5(6)9(15)16/h1-9H,10H2;1-2,10H/q+1;/p-1. The average Bonchev–Trinajstić information content (AvgIpc) is 2.75. The molecule has 14 heteroatoms. The van der Waals surface area contributed by atoms with Gasteiger partial charge in [-0.1, -0.05) is 6.07 Å². The Morgan fingerprint density at radius 2 is 1.12 bits per heavy atom. The summed E-state index contributed by atoms with van der Waals surface area (Å²) >= 11 is 0. The molecule has 0 radical (unpaired) electrons. The smallest absolute Gasteiger partial charge is 0.283 e. The maximum atomic E-state index is 11.1. The van der Waals surface area contributed by atoms with E-state index in [0.29, 0.717) is 12.1 Å². The lowest BCUT2D eigenvalue weighted by Crippen LogP contribution is -2.32. The number of nitrogens with zero attached hydrogens (tertiary/aromatic N) is 5. The van der Waals surface area contributed by atoms with Crippen LogP contribution in [0.3, 0.4) is 0 Å². The summed E-state index contributed by atoms with van der Waals surface area (Å²) in [6.07, 6.45) is 3.92. The molecule has 0 spiro atoms. The van der Waals surface area contributed by atoms with Crippen molar-refractivity contribution in [1.29, 1.82) is 0 Å². The molecular formula is C18H13N5O9. The first-order valence-electron chi connectivity index (χ1n) is 8.55. The van der Waals surface area contributed by atoms with E-state index in [2.05, 4.69) is 0 Å². The molecule has 164 valence electrons. The largest absolute Gasteiger partial charge is 0.863 e. The van der Waals surface area contributed by atoms with Crippen molar-refractivity contribution < 1.29 is 29.4 Å². The summed E-state index contributed by atoms with van der Waals surface area (Å²) in [6, 6.07) is 13.2. The zero-order valence-electron chi connectivity index (χ0n) is 16.0. The molecule has 0 aliphatic carbocycles. The second kappa shape index (κ2) is 10.1. The molecule has 0 aliphatic rings. The molecule has 0 saturated carbocycles. The first-order valence-corrected chi connectivity index (χ1v) is 8.55. The lowest BCUT2D eigenvalue weighted by atomic mass is 10.2. The van der Waals surface area contributed by atoms with E-state index in [-0.39, 0.29) is 10.6 Å². The zero-order valence-corrected chi connectivity index (χ0v) is 16.0. The van der Waals surface area contributed by atoms with E-state index in [9.17, 15) is 45.6 Å². The predicted octanol–water partition coefficient (Wildman–Crippen LogP) is 2.42. The van der Waals surface area contributed by atoms with E-state index in [4.69, 9.17) is 0 Å². The fourth-order valence-corrected chi connectivity index (χ4v) is 2.43. The topological polar surface area (TPSA) is 200 Å². The summed E-state index contributed by atoms with van der Waals surface area (Å²) in [5, 5.41) is 52.6. The number of hydrogen-bond donors (Lipinski definition) is 0. The van der Waals surface area contributed by atoms with Crippen LogP contribution < -0.4 is 9.67 Å². The SMILES string of the molecule is O=[N+]([O-])c1cc([N+](=O)[O-])c([O-])c([N+](=O)[O-])c1.O=[N+]([O-])c1ccc(C[n+]2ccccc2)cc1. The Labute approximate surface area is 178 Å². The van der Waals surface area contributed by atoms with Gasteiger partial charge in [0, 0.05) is 29.8 Å². The molecule has 1 aromatic heterocycles. The molecule has 0 atom stereocenters. The van der Waals surface area contributed by atoms with Gasteiger partial charge < -0.3 is 5.11 Å². The molecule has 14 nitrogen and oxygen atoms in total. The van der Waals surface area contributed by atoms with E-state index < -0.39 is 37.6 Å². The predicted molar refractivity (Wildman–Crippen MR) is 105 cm³/mol. The van der Waals surface area contributed by atoms with Crippen molar-refractivity contribution in [2.24, 2.45) is 0 Å². The number of nitro benzene ring substituents is 4. The molecule has 0 saturated heterocycles. The minimum Gasteiger partial charge on any atom is -0.863 e. The fraction of sp³-hybridized carbons (Fsp3) is 0.0556. The van der Waals surface area contributed by atoms with Crippen molar-refractivity contribution in [1.82, 2.24) is 0 Å². The van der Waals surface area contributed by atoms with Crippen LogP contribution in [0.25, 0.3) is 0 Å². The van der Waals surface area contributed by atoms with Crippen LogP contribution >= 0.6 is 0 Å². The van der Waals surface area contributed by atoms with Crippen LogP contribution in [0, 0.1) is 40.5 Å². The molecule has 2 aromatic carbocycles. The van der Waals surface area contributed by atoms with Crippen molar-refractivity contribution in [2.75, 3.05) is 0 Å². The average molecular weight is 443 g/mol. The molecular weight excluding hydrogens is 430 g/mol. The van der Waals surface area contributed by atoms with E-state index >= 15 is 0 Å². The lowest BCUT2D eigenvalue weighted by molar-refractivity contribution is -0.688. The summed E-state index contributed by atoms with van der Waals surface area (Å²) in [6.45, 7) is 0.721. The van der Waals surface area contributed by atoms with Crippen molar-refractivity contribution in [3.05, 3.63) is 113 Å². The van der Waals surface area contributed by atoms with Gasteiger partial charge in [0.2, 0.25) is 0 Å². The van der Waals surface area contributed by atoms with E-state index in [1.165, 1.54) is 12.1 Å². The Bertz CT molecular complexity index is 1130. The van der Waals surface area contributed by atoms with E-state index in [0.717, 1.165) is 12.1 Å². The molecule has 3 aromatic rings. The van der Waals surface area contributed by atoms with Crippen LogP contribution in [0.5, 0.6) is 5.75 Å². The first-order chi connectivity index (χ1) is 15.1. The summed E-state index contributed by atoms with van der Waals surface area (Å²) in [7, 11) is 0. The van der Waals surface area contributed by atoms with Gasteiger partial charge in [-0.2, -0.15) is 0 Å². The summed E-state index contributed by atoms with van der Waals surface area (Å²) in [5.74, 6) is -1.46. The van der Waals surface area contributed by atoms with Crippen LogP contribution in [0.4, 0.5) is 22.7 Å². The minimum atomic E-state index is -1.46. The third kappa shape index (κ3) is 5.99. The van der Waals surface area contributed by atoms with Gasteiger partial charge in [0.15, 0.2) is 18.9 Å². The number of hydrogen-bond acceptors (Lipinski definition) is 9. The Morgan fingerprint density at radius 3 is 1.53 bits per heavy atom. The number of aromatic nitrogens is 1. The van der Waals surface area contributed by atoms with Gasteiger partial charge in [0.25, 0.3) is 22.7 Å². The molecule has 0 bridgehead atoms. The molecule has 0 amide bonds. The highest BCUT2D eigenvalue weighted by atomic mass is 16.6. The van der Waals surface area contributed by atoms with Gasteiger partial charge >= 0.3 is 0 Å². The molecule has 0 N–H and O–H groups in total. The first kappa shape index (κ1) is 23.3. The summed E-state index contributed by atoms with van der Waals surface area (Å²) in [4.78, 5) is 37.6. The molecule has 0 unspecified atom stereocenters. The van der Waals surface area contributed by atoms with E-state index in [1.807, 2.05) is 35.2 Å². The Kier molecular flexibility index (Phi) is 7.38. The lowest BCUT2D eigenvalue weighted by Gasteiger charge is -2.06. The monoisotopic (exact) mass is 443 g/mol. The second-order valence-electron chi connectivity index (χ2n) is 6.06. The van der Waals surface area contributed by atoms with E-state index in [1.54, 1.807) is 12.1 Å². The summed E-state index contributed by atoms with van der Waals surface area (Å²) in [5.41, 5.74) is -2.09. The summed E-state index contributed by atoms with van der Waals surface area (Å²) < 4.78 is 2.02. The highest BCUT2D eigenvalue weighted by Crippen LogP contribution is 2.36. The number of benzene rings is 2. The van der Waals surface area contributed by atoms with Gasteiger partial charge in [0.05, 0.1) is 37.6 Å². The van der Waals surface area contributed by atoms with Crippen molar-refractivity contribution in [2.45, 2.75) is 6.54 Å². The zero-order chi connectivity index (χ0) is 23.8. The number of non-ortho nitro benzene ring substituents is 2. The highest BCUT2D eigenvalue weighted by molar-refractivity contribution is 5.64. The van der Waals surface area contributed by atoms with Gasteiger partial charge in [-0.3, -0.25) is 40.5 Å². The van der Waals surface area contributed by atoms with Crippen molar-refractivity contribution in [3.63, 3.8) is 0 Å². The normalized spacial score (nSPS) is 9.88. The van der Waals surface area contributed by atoms with Crippen LogP contribution in [0.15, 0.2) is 67.0 Å². The van der Waals surface area contributed by atoms with Crippen molar-refractivity contribution in [3.8, 4) is 5.75 Å². The maximum Gasteiger partial charge on any atom is 0.283 e. The quantitative estimate of drug-likeness (QED) is 0.311. The van der Waals surface area contributed by atoms with Gasteiger partial charge in [-0.25, -0.2) is 4.57 Å². The van der Waals surface area contributed by atoms with Crippen LogP contribution in [0.2, 0.25) is 0 Å². The molecule has 0 aliphatic heterocycles.